The first kappa shape index (κ1) is 13.6. The Labute approximate surface area is 122 Å². The average Bonchev–Trinajstić information content (AvgIpc) is 2.38. The fourth-order valence-electron chi connectivity index (χ4n) is 3.04. The Kier molecular flexibility index (Phi) is 3.76. The summed E-state index contributed by atoms with van der Waals surface area (Å²) >= 11 is 5.98. The van der Waals surface area contributed by atoms with Crippen LogP contribution in [0, 0.1) is 5.92 Å². The van der Waals surface area contributed by atoms with Gasteiger partial charge in [0, 0.05) is 10.9 Å². The van der Waals surface area contributed by atoms with Crippen LogP contribution in [-0.4, -0.2) is 23.1 Å². The lowest BCUT2D eigenvalue weighted by atomic mass is 10.0. The van der Waals surface area contributed by atoms with Crippen molar-refractivity contribution in [3.05, 3.63) is 39.4 Å². The summed E-state index contributed by atoms with van der Waals surface area (Å²) in [5.41, 5.74) is 0.604. The molecule has 106 valence electrons. The Balaban J connectivity index is 1.90. The van der Waals surface area contributed by atoms with Gasteiger partial charge in [-0.15, -0.1) is 0 Å². The van der Waals surface area contributed by atoms with Crippen LogP contribution in [0.3, 0.4) is 0 Å². The number of aromatic nitrogens is 2. The quantitative estimate of drug-likeness (QED) is 0.879. The van der Waals surface area contributed by atoms with Gasteiger partial charge in [0.25, 0.3) is 5.56 Å². The molecule has 0 saturated carbocycles. The molecule has 0 spiro atoms. The van der Waals surface area contributed by atoms with Crippen LogP contribution in [0.5, 0.6) is 0 Å². The van der Waals surface area contributed by atoms with Crippen molar-refractivity contribution in [2.75, 3.05) is 13.1 Å². The van der Waals surface area contributed by atoms with Gasteiger partial charge in [0.05, 0.1) is 24.0 Å². The summed E-state index contributed by atoms with van der Waals surface area (Å²) in [5.74, 6) is 1.51. The van der Waals surface area contributed by atoms with Crippen molar-refractivity contribution in [2.24, 2.45) is 5.92 Å². The van der Waals surface area contributed by atoms with Crippen LogP contribution in [0.4, 0.5) is 0 Å². The number of piperidine rings is 1. The maximum absolute atomic E-state index is 12.1. The van der Waals surface area contributed by atoms with Crippen LogP contribution in [0.25, 0.3) is 10.9 Å². The van der Waals surface area contributed by atoms with Gasteiger partial charge in [0.1, 0.15) is 6.54 Å². The van der Waals surface area contributed by atoms with E-state index in [4.69, 9.17) is 11.6 Å². The number of H-pyrrole nitrogens is 1. The molecule has 2 atom stereocenters. The van der Waals surface area contributed by atoms with Crippen LogP contribution < -0.4 is 10.5 Å². The van der Waals surface area contributed by atoms with Gasteiger partial charge >= 0.3 is 0 Å². The molecule has 2 heterocycles. The van der Waals surface area contributed by atoms with E-state index in [1.807, 2.05) is 0 Å². The van der Waals surface area contributed by atoms with Gasteiger partial charge in [-0.05, 0) is 31.0 Å². The number of rotatable bonds is 2. The fourth-order valence-corrected chi connectivity index (χ4v) is 3.21. The number of halogens is 1. The summed E-state index contributed by atoms with van der Waals surface area (Å²) in [6.45, 7) is 5.37. The molecule has 1 unspecified atom stereocenters. The van der Waals surface area contributed by atoms with Crippen molar-refractivity contribution in [1.29, 1.82) is 0 Å². The second kappa shape index (κ2) is 5.54. The minimum atomic E-state index is -0.0777. The average molecular weight is 293 g/mol. The SMILES string of the molecule is C[C@H]1CCC[NH+](Cc2nc3cc(Cl)ccc3c(=O)[nH]2)C1. The third-order valence-electron chi connectivity index (χ3n) is 4.00. The molecule has 0 aliphatic carbocycles. The molecule has 2 N–H and O–H groups in total. The van der Waals surface area contributed by atoms with Crippen molar-refractivity contribution in [3.63, 3.8) is 0 Å². The van der Waals surface area contributed by atoms with E-state index >= 15 is 0 Å². The minimum Gasteiger partial charge on any atom is -0.328 e. The molecule has 0 radical (unpaired) electrons. The number of nitrogens with zero attached hydrogens (tertiary/aromatic N) is 1. The monoisotopic (exact) mass is 292 g/mol. The van der Waals surface area contributed by atoms with E-state index in [1.54, 1.807) is 18.2 Å². The third-order valence-corrected chi connectivity index (χ3v) is 4.23. The molecular weight excluding hydrogens is 274 g/mol. The zero-order valence-electron chi connectivity index (χ0n) is 11.6. The summed E-state index contributed by atoms with van der Waals surface area (Å²) in [6, 6.07) is 5.20. The highest BCUT2D eigenvalue weighted by Gasteiger charge is 2.20. The summed E-state index contributed by atoms with van der Waals surface area (Å²) in [7, 11) is 0. The number of fused-ring (bicyclic) bond motifs is 1. The molecule has 3 rings (SSSR count). The number of nitrogens with one attached hydrogen (secondary N) is 2. The smallest absolute Gasteiger partial charge is 0.258 e. The maximum atomic E-state index is 12.1. The van der Waals surface area contributed by atoms with E-state index in [9.17, 15) is 4.79 Å². The Morgan fingerprint density at radius 3 is 3.15 bits per heavy atom. The van der Waals surface area contributed by atoms with Crippen LogP contribution in [0.15, 0.2) is 23.0 Å². The number of aromatic amines is 1. The number of benzene rings is 1. The molecule has 1 aliphatic rings. The van der Waals surface area contributed by atoms with Gasteiger partial charge in [-0.3, -0.25) is 4.79 Å². The van der Waals surface area contributed by atoms with Crippen LogP contribution in [-0.2, 0) is 6.54 Å². The van der Waals surface area contributed by atoms with Gasteiger partial charge < -0.3 is 9.88 Å². The zero-order chi connectivity index (χ0) is 14.1. The third kappa shape index (κ3) is 2.86. The standard InChI is InChI=1S/C15H18ClN3O/c1-10-3-2-6-19(8-10)9-14-17-13-7-11(16)4-5-12(13)15(20)18-14/h4-5,7,10H,2-3,6,8-9H2,1H3,(H,17,18,20)/p+1/t10-/m0/s1. The number of hydrogen-bond acceptors (Lipinski definition) is 2. The molecule has 1 fully saturated rings. The topological polar surface area (TPSA) is 50.2 Å². The predicted molar refractivity (Wildman–Crippen MR) is 80.2 cm³/mol. The lowest BCUT2D eigenvalue weighted by Crippen LogP contribution is -3.12. The Bertz CT molecular complexity index is 682. The van der Waals surface area contributed by atoms with Crippen molar-refractivity contribution in [1.82, 2.24) is 9.97 Å². The lowest BCUT2D eigenvalue weighted by molar-refractivity contribution is -0.922. The van der Waals surface area contributed by atoms with Crippen molar-refractivity contribution >= 4 is 22.5 Å². The first-order chi connectivity index (χ1) is 9.61. The summed E-state index contributed by atoms with van der Waals surface area (Å²) < 4.78 is 0. The molecule has 1 aromatic heterocycles. The van der Waals surface area contributed by atoms with E-state index in [0.717, 1.165) is 31.4 Å². The maximum Gasteiger partial charge on any atom is 0.258 e. The normalized spacial score (nSPS) is 23.1. The largest absolute Gasteiger partial charge is 0.328 e. The van der Waals surface area contributed by atoms with E-state index in [0.29, 0.717) is 15.9 Å². The zero-order valence-corrected chi connectivity index (χ0v) is 12.3. The van der Waals surface area contributed by atoms with E-state index < -0.39 is 0 Å². The van der Waals surface area contributed by atoms with E-state index in [2.05, 4.69) is 16.9 Å². The van der Waals surface area contributed by atoms with Crippen molar-refractivity contribution in [3.8, 4) is 0 Å². The first-order valence-electron chi connectivity index (χ1n) is 7.14. The van der Waals surface area contributed by atoms with Crippen LogP contribution in [0.2, 0.25) is 5.02 Å². The van der Waals surface area contributed by atoms with Gasteiger partial charge in [-0.1, -0.05) is 18.5 Å². The molecule has 1 aliphatic heterocycles. The van der Waals surface area contributed by atoms with Gasteiger partial charge in [0.15, 0.2) is 5.82 Å². The van der Waals surface area contributed by atoms with Crippen molar-refractivity contribution in [2.45, 2.75) is 26.3 Å². The second-order valence-corrected chi connectivity index (χ2v) is 6.24. The highest BCUT2D eigenvalue weighted by molar-refractivity contribution is 6.31. The highest BCUT2D eigenvalue weighted by Crippen LogP contribution is 2.14. The Hall–Kier alpha value is -1.39. The van der Waals surface area contributed by atoms with Crippen LogP contribution >= 0.6 is 11.6 Å². The van der Waals surface area contributed by atoms with Gasteiger partial charge in [-0.2, -0.15) is 0 Å². The van der Waals surface area contributed by atoms with E-state index in [1.165, 1.54) is 17.7 Å². The molecule has 20 heavy (non-hydrogen) atoms. The predicted octanol–water partition coefficient (Wildman–Crippen LogP) is 1.39. The van der Waals surface area contributed by atoms with Crippen LogP contribution in [0.1, 0.15) is 25.6 Å². The molecule has 1 saturated heterocycles. The number of likely N-dealkylation sites (tertiary alicyclic amines) is 1. The molecule has 4 nitrogen and oxygen atoms in total. The number of quaternary nitrogens is 1. The number of hydrogen-bond donors (Lipinski definition) is 2. The fraction of sp³-hybridized carbons (Fsp3) is 0.467. The molecule has 0 bridgehead atoms. The molecule has 5 heteroatoms. The summed E-state index contributed by atoms with van der Waals surface area (Å²) in [4.78, 5) is 21.0. The molecular formula is C15H19ClN3O+. The molecule has 2 aromatic rings. The summed E-state index contributed by atoms with van der Waals surface area (Å²) in [5, 5.41) is 1.21. The minimum absolute atomic E-state index is 0.0777. The van der Waals surface area contributed by atoms with Gasteiger partial charge in [-0.25, -0.2) is 4.98 Å². The highest BCUT2D eigenvalue weighted by atomic mass is 35.5. The lowest BCUT2D eigenvalue weighted by Gasteiger charge is -2.27. The van der Waals surface area contributed by atoms with E-state index in [-0.39, 0.29) is 5.56 Å². The Morgan fingerprint density at radius 2 is 2.35 bits per heavy atom. The summed E-state index contributed by atoms with van der Waals surface area (Å²) in [6.07, 6.45) is 2.56. The van der Waals surface area contributed by atoms with Crippen molar-refractivity contribution < 1.29 is 4.90 Å². The molecule has 1 aromatic carbocycles. The molecule has 0 amide bonds. The Morgan fingerprint density at radius 1 is 1.50 bits per heavy atom. The van der Waals surface area contributed by atoms with Gasteiger partial charge in [0.2, 0.25) is 0 Å². The second-order valence-electron chi connectivity index (χ2n) is 5.80. The first-order valence-corrected chi connectivity index (χ1v) is 7.51.